The maximum atomic E-state index is 7.34. The van der Waals surface area contributed by atoms with Gasteiger partial charge < -0.3 is 9.16 Å². The number of aromatic nitrogens is 2. The van der Waals surface area contributed by atoms with Crippen molar-refractivity contribution in [3.8, 4) is 5.75 Å². The Hall–Kier alpha value is -3.28. The summed E-state index contributed by atoms with van der Waals surface area (Å²) in [4.78, 5) is 8.89. The number of nitrogens with zero attached hydrogens (tertiary/aromatic N) is 2. The molecule has 0 N–H and O–H groups in total. The van der Waals surface area contributed by atoms with Gasteiger partial charge in [0.1, 0.15) is 5.82 Å². The van der Waals surface area contributed by atoms with Crippen molar-refractivity contribution >= 4 is 19.4 Å². The average molecular weight is 523 g/mol. The molecule has 3 aromatic carbocycles. The second kappa shape index (κ2) is 10.8. The van der Waals surface area contributed by atoms with Crippen LogP contribution in [0.3, 0.4) is 0 Å². The molecule has 0 bridgehead atoms. The van der Waals surface area contributed by atoms with E-state index in [0.29, 0.717) is 12.5 Å². The lowest BCUT2D eigenvalue weighted by Gasteiger charge is -2.36. The standard InChI is InChI=1S/C33H38N2O2Si/c1-24-30(22-34-25(2)35-24)36-23-33(26-15-9-6-10-16-26)21-29(33)31(32(3,4)5)37-38(27-17-11-7-12-18-27)28-19-13-8-14-20-28/h6-20,22,29,31,38H,21,23H2,1-5H3/t29-,31?,33+/m0/s1. The predicted octanol–water partition coefficient (Wildman–Crippen LogP) is 5.40. The highest BCUT2D eigenvalue weighted by atomic mass is 28.3. The number of benzene rings is 3. The lowest BCUT2D eigenvalue weighted by molar-refractivity contribution is 0.0576. The monoisotopic (exact) mass is 522 g/mol. The van der Waals surface area contributed by atoms with Gasteiger partial charge >= 0.3 is 0 Å². The molecule has 0 saturated heterocycles. The first-order valence-corrected chi connectivity index (χ1v) is 15.1. The van der Waals surface area contributed by atoms with E-state index in [9.17, 15) is 0 Å². The summed E-state index contributed by atoms with van der Waals surface area (Å²) in [6.07, 6.45) is 2.90. The molecule has 5 heteroatoms. The van der Waals surface area contributed by atoms with Crippen LogP contribution in [0.15, 0.2) is 97.2 Å². The Bertz CT molecular complexity index is 1300. The fourth-order valence-corrected chi connectivity index (χ4v) is 8.39. The SMILES string of the molecule is Cc1ncc(OC[C@@]2(c3ccccc3)C[C@H]2C(O[SiH](c2ccccc2)c2ccccc2)C(C)(C)C)c(C)n1. The largest absolute Gasteiger partial charge is 0.489 e. The Morgan fingerprint density at radius 3 is 1.95 bits per heavy atom. The summed E-state index contributed by atoms with van der Waals surface area (Å²) in [5.74, 6) is 1.85. The van der Waals surface area contributed by atoms with Gasteiger partial charge in [-0.25, -0.2) is 9.97 Å². The first-order valence-electron chi connectivity index (χ1n) is 13.5. The molecular weight excluding hydrogens is 484 g/mol. The van der Waals surface area contributed by atoms with Crippen LogP contribution in [0.25, 0.3) is 0 Å². The third kappa shape index (κ3) is 5.59. The molecule has 1 aromatic heterocycles. The topological polar surface area (TPSA) is 44.2 Å². The molecule has 1 heterocycles. The van der Waals surface area contributed by atoms with Gasteiger partial charge in [-0.05, 0) is 47.5 Å². The van der Waals surface area contributed by atoms with Crippen molar-refractivity contribution < 1.29 is 9.16 Å². The van der Waals surface area contributed by atoms with Crippen LogP contribution in [-0.2, 0) is 9.84 Å². The van der Waals surface area contributed by atoms with Gasteiger partial charge in [0.05, 0.1) is 24.6 Å². The van der Waals surface area contributed by atoms with Gasteiger partial charge in [-0.1, -0.05) is 112 Å². The Morgan fingerprint density at radius 1 is 0.868 bits per heavy atom. The van der Waals surface area contributed by atoms with Crippen molar-refractivity contribution in [2.24, 2.45) is 11.3 Å². The first kappa shape index (κ1) is 26.3. The van der Waals surface area contributed by atoms with Gasteiger partial charge in [0.25, 0.3) is 0 Å². The van der Waals surface area contributed by atoms with Gasteiger partial charge in [0, 0.05) is 5.41 Å². The molecule has 1 aliphatic rings. The van der Waals surface area contributed by atoms with Crippen LogP contribution >= 0.6 is 0 Å². The molecule has 1 unspecified atom stereocenters. The molecule has 1 fully saturated rings. The summed E-state index contributed by atoms with van der Waals surface area (Å²) >= 11 is 0. The van der Waals surface area contributed by atoms with E-state index in [-0.39, 0.29) is 16.9 Å². The molecule has 0 aliphatic heterocycles. The van der Waals surface area contributed by atoms with Crippen molar-refractivity contribution in [1.29, 1.82) is 0 Å². The van der Waals surface area contributed by atoms with E-state index in [4.69, 9.17) is 9.16 Å². The number of hydrogen-bond donors (Lipinski definition) is 0. The normalized spacial score (nSPS) is 19.8. The number of rotatable bonds is 9. The summed E-state index contributed by atoms with van der Waals surface area (Å²) in [6, 6.07) is 32.4. The molecule has 1 aliphatic carbocycles. The van der Waals surface area contributed by atoms with E-state index in [0.717, 1.165) is 23.7 Å². The van der Waals surface area contributed by atoms with Crippen molar-refractivity contribution in [3.05, 3.63) is 114 Å². The summed E-state index contributed by atoms with van der Waals surface area (Å²) in [5, 5.41) is 2.62. The summed E-state index contributed by atoms with van der Waals surface area (Å²) in [5.41, 5.74) is 2.02. The lowest BCUT2D eigenvalue weighted by atomic mass is 9.82. The smallest absolute Gasteiger partial charge is 0.240 e. The maximum absolute atomic E-state index is 7.34. The second-order valence-electron chi connectivity index (χ2n) is 11.6. The van der Waals surface area contributed by atoms with Crippen molar-refractivity contribution in [2.75, 3.05) is 6.61 Å². The minimum absolute atomic E-state index is 0.0428. The molecule has 4 nitrogen and oxygen atoms in total. The molecule has 5 rings (SSSR count). The zero-order chi connectivity index (χ0) is 26.8. The van der Waals surface area contributed by atoms with E-state index in [1.54, 1.807) is 6.20 Å². The quantitative estimate of drug-likeness (QED) is 0.276. The van der Waals surface area contributed by atoms with Crippen LogP contribution in [0.1, 0.15) is 44.3 Å². The van der Waals surface area contributed by atoms with Crippen molar-refractivity contribution in [1.82, 2.24) is 9.97 Å². The van der Waals surface area contributed by atoms with Crippen molar-refractivity contribution in [2.45, 2.75) is 52.6 Å². The lowest BCUT2D eigenvalue weighted by Crippen LogP contribution is -2.51. The molecule has 0 radical (unpaired) electrons. The van der Waals surface area contributed by atoms with Gasteiger partial charge in [0.2, 0.25) is 9.04 Å². The Kier molecular flexibility index (Phi) is 7.51. The van der Waals surface area contributed by atoms with Crippen LogP contribution in [0.5, 0.6) is 5.75 Å². The minimum Gasteiger partial charge on any atom is -0.489 e. The number of hydrogen-bond acceptors (Lipinski definition) is 4. The molecule has 3 atom stereocenters. The minimum atomic E-state index is -1.93. The van der Waals surface area contributed by atoms with Gasteiger partial charge in [0.15, 0.2) is 5.75 Å². The fraction of sp³-hybridized carbons (Fsp3) is 0.333. The van der Waals surface area contributed by atoms with Crippen LogP contribution in [-0.4, -0.2) is 31.7 Å². The molecule has 38 heavy (non-hydrogen) atoms. The molecule has 0 spiro atoms. The summed E-state index contributed by atoms with van der Waals surface area (Å²) < 4.78 is 13.8. The Morgan fingerprint density at radius 2 is 1.42 bits per heavy atom. The first-order chi connectivity index (χ1) is 18.3. The highest BCUT2D eigenvalue weighted by Gasteiger charge is 2.62. The van der Waals surface area contributed by atoms with E-state index < -0.39 is 9.04 Å². The molecule has 196 valence electrons. The second-order valence-corrected chi connectivity index (χ2v) is 14.0. The molecule has 4 aromatic rings. The highest BCUT2D eigenvalue weighted by Crippen LogP contribution is 2.59. The number of ether oxygens (including phenoxy) is 1. The highest BCUT2D eigenvalue weighted by molar-refractivity contribution is 6.80. The Labute approximate surface area is 228 Å². The van der Waals surface area contributed by atoms with Crippen molar-refractivity contribution in [3.63, 3.8) is 0 Å². The van der Waals surface area contributed by atoms with Gasteiger partial charge in [-0.15, -0.1) is 0 Å². The van der Waals surface area contributed by atoms with E-state index >= 15 is 0 Å². The van der Waals surface area contributed by atoms with Crippen LogP contribution < -0.4 is 15.1 Å². The third-order valence-corrected chi connectivity index (χ3v) is 10.3. The molecular formula is C33H38N2O2Si. The van der Waals surface area contributed by atoms with Gasteiger partial charge in [-0.3, -0.25) is 0 Å². The zero-order valence-corrected chi connectivity index (χ0v) is 24.2. The van der Waals surface area contributed by atoms with Crippen LogP contribution in [0, 0.1) is 25.2 Å². The van der Waals surface area contributed by atoms with Crippen LogP contribution in [0.2, 0.25) is 0 Å². The average Bonchev–Trinajstić information content (AvgIpc) is 3.64. The predicted molar refractivity (Wildman–Crippen MR) is 157 cm³/mol. The summed E-state index contributed by atoms with van der Waals surface area (Å²) in [6.45, 7) is 11.4. The van der Waals surface area contributed by atoms with E-state index in [2.05, 4.69) is 122 Å². The maximum Gasteiger partial charge on any atom is 0.240 e. The fourth-order valence-electron chi connectivity index (χ4n) is 5.66. The Balaban J connectivity index is 1.49. The third-order valence-electron chi connectivity index (χ3n) is 7.73. The zero-order valence-electron chi connectivity index (χ0n) is 23.1. The molecule has 0 amide bonds. The summed E-state index contributed by atoms with van der Waals surface area (Å²) in [7, 11) is -1.93. The number of aryl methyl sites for hydroxylation is 2. The van der Waals surface area contributed by atoms with Crippen LogP contribution in [0.4, 0.5) is 0 Å². The molecule has 1 saturated carbocycles. The van der Waals surface area contributed by atoms with E-state index in [1.807, 2.05) is 13.8 Å². The van der Waals surface area contributed by atoms with Gasteiger partial charge in [-0.2, -0.15) is 0 Å². The van der Waals surface area contributed by atoms with E-state index in [1.165, 1.54) is 15.9 Å².